The third-order valence-electron chi connectivity index (χ3n) is 0. The van der Waals surface area contributed by atoms with Crippen LogP contribution in [-0.4, -0.2) is 46.1 Å². The summed E-state index contributed by atoms with van der Waals surface area (Å²) in [6, 6.07) is 0. The minimum Gasteiger partial charge on any atom is -0.317 e. The summed E-state index contributed by atoms with van der Waals surface area (Å²) in [6.07, 6.45) is 0.715. The topological polar surface area (TPSA) is 150 Å². The van der Waals surface area contributed by atoms with E-state index in [1.165, 1.54) is 0 Å². The lowest BCUT2D eigenvalue weighted by molar-refractivity contribution is 0.490. The molecule has 0 saturated heterocycles. The van der Waals surface area contributed by atoms with E-state index in [4.69, 9.17) is 26.2 Å². The van der Waals surface area contributed by atoms with Gasteiger partial charge in [-0.05, 0) is 26.9 Å². The molecule has 8 heteroatoms. The molecular formula is C5H16N4O3S. The van der Waals surface area contributed by atoms with E-state index in [0.717, 1.165) is 0 Å². The van der Waals surface area contributed by atoms with Gasteiger partial charge < -0.3 is 21.6 Å². The van der Waals surface area contributed by atoms with Gasteiger partial charge in [0.25, 0.3) is 10.1 Å². The lowest BCUT2D eigenvalue weighted by atomic mass is 11.8. The van der Waals surface area contributed by atoms with Gasteiger partial charge in [-0.15, -0.1) is 0 Å². The summed E-state index contributed by atoms with van der Waals surface area (Å²) in [7, 11) is -3.67. The Morgan fingerprint density at radius 3 is 0.846 bits per heavy atom. The lowest BCUT2D eigenvalue weighted by Gasteiger charge is -1.69. The molecule has 7 nitrogen and oxygen atoms in total. The minimum absolute atomic E-state index is 0.715. The maximum absolute atomic E-state index is 9.19. The van der Waals surface area contributed by atoms with E-state index in [9.17, 15) is 8.42 Å². The van der Waals surface area contributed by atoms with Crippen molar-refractivity contribution in [3.63, 3.8) is 0 Å². The highest BCUT2D eigenvalue weighted by Crippen LogP contribution is 1.60. The quantitative estimate of drug-likeness (QED) is 0.295. The van der Waals surface area contributed by atoms with Crippen LogP contribution in [0.2, 0.25) is 0 Å². The summed E-state index contributed by atoms with van der Waals surface area (Å²) in [6.45, 7) is 10.0. The van der Waals surface area contributed by atoms with Crippen molar-refractivity contribution in [3.05, 3.63) is 0 Å². The van der Waals surface area contributed by atoms with Crippen LogP contribution < -0.4 is 0 Å². The standard InChI is InChI=1S/4CH3N.CH4O3S/c4*1-2;1-5(2,3)4/h4*2H,1H2;1H3,(H,2,3,4). The first-order valence-electron chi connectivity index (χ1n) is 2.34. The monoisotopic (exact) mass is 212 g/mol. The summed E-state index contributed by atoms with van der Waals surface area (Å²) in [5.74, 6) is 0. The molecule has 13 heavy (non-hydrogen) atoms. The van der Waals surface area contributed by atoms with Crippen LogP contribution in [0.15, 0.2) is 0 Å². The van der Waals surface area contributed by atoms with Crippen LogP contribution in [0.1, 0.15) is 0 Å². The van der Waals surface area contributed by atoms with Crippen LogP contribution in [0.5, 0.6) is 0 Å². The van der Waals surface area contributed by atoms with Crippen molar-refractivity contribution in [2.24, 2.45) is 0 Å². The van der Waals surface area contributed by atoms with Crippen molar-refractivity contribution in [2.45, 2.75) is 0 Å². The van der Waals surface area contributed by atoms with Gasteiger partial charge in [-0.25, -0.2) is 0 Å². The second-order valence-electron chi connectivity index (χ2n) is 0.733. The zero-order valence-electron chi connectivity index (χ0n) is 7.50. The molecule has 0 aromatic rings. The van der Waals surface area contributed by atoms with Crippen molar-refractivity contribution in [1.82, 2.24) is 0 Å². The molecule has 0 atom stereocenters. The zero-order valence-corrected chi connectivity index (χ0v) is 8.32. The molecule has 0 fully saturated rings. The predicted octanol–water partition coefficient (Wildman–Crippen LogP) is 0.567. The van der Waals surface area contributed by atoms with Gasteiger partial charge in [-0.1, -0.05) is 0 Å². The minimum atomic E-state index is -3.67. The van der Waals surface area contributed by atoms with E-state index in [0.29, 0.717) is 6.26 Å². The molecule has 5 N–H and O–H groups in total. The second kappa shape index (κ2) is 46.2. The summed E-state index contributed by atoms with van der Waals surface area (Å²) in [5, 5.41) is 22.0. The van der Waals surface area contributed by atoms with Crippen LogP contribution in [0.4, 0.5) is 0 Å². The average molecular weight is 212 g/mol. The molecule has 0 bridgehead atoms. The first kappa shape index (κ1) is 29.9. The Balaban J connectivity index is -0.0000000230. The van der Waals surface area contributed by atoms with Gasteiger partial charge in [0.15, 0.2) is 0 Å². The zero-order chi connectivity index (χ0) is 12.5. The van der Waals surface area contributed by atoms with Gasteiger partial charge >= 0.3 is 0 Å². The van der Waals surface area contributed by atoms with Crippen molar-refractivity contribution in [2.75, 3.05) is 6.26 Å². The van der Waals surface area contributed by atoms with Crippen molar-refractivity contribution in [3.8, 4) is 0 Å². The number of rotatable bonds is 0. The predicted molar refractivity (Wildman–Crippen MR) is 56.8 cm³/mol. The molecule has 0 aromatic heterocycles. The fourth-order valence-corrected chi connectivity index (χ4v) is 0. The van der Waals surface area contributed by atoms with E-state index in [-0.39, 0.29) is 0 Å². The number of hydrogen-bond acceptors (Lipinski definition) is 6. The normalized spacial score (nSPS) is 5.69. The molecule has 0 saturated carbocycles. The Morgan fingerprint density at radius 1 is 0.846 bits per heavy atom. The van der Waals surface area contributed by atoms with Gasteiger partial charge in [-0.2, -0.15) is 8.42 Å². The fraction of sp³-hybridized carbons (Fsp3) is 0.200. The maximum Gasteiger partial charge on any atom is 0.261 e. The summed E-state index contributed by atoms with van der Waals surface area (Å²) < 4.78 is 25.9. The van der Waals surface area contributed by atoms with Gasteiger partial charge in [0.05, 0.1) is 6.26 Å². The van der Waals surface area contributed by atoms with E-state index in [1.54, 1.807) is 0 Å². The molecule has 0 unspecified atom stereocenters. The second-order valence-corrected chi connectivity index (χ2v) is 2.20. The molecular weight excluding hydrogens is 196 g/mol. The first-order chi connectivity index (χ1) is 6.00. The highest BCUT2D eigenvalue weighted by molar-refractivity contribution is 7.85. The largest absolute Gasteiger partial charge is 0.317 e. The molecule has 0 amide bonds. The summed E-state index contributed by atoms with van der Waals surface area (Å²) in [4.78, 5) is 0. The highest BCUT2D eigenvalue weighted by Gasteiger charge is 1.81. The molecule has 0 aromatic carbocycles. The highest BCUT2D eigenvalue weighted by atomic mass is 32.2. The summed E-state index contributed by atoms with van der Waals surface area (Å²) in [5.41, 5.74) is 0. The Morgan fingerprint density at radius 2 is 0.846 bits per heavy atom. The third kappa shape index (κ3) is 393. The van der Waals surface area contributed by atoms with E-state index >= 15 is 0 Å². The SMILES string of the molecule is C=N.C=N.C=N.C=N.CS(=O)(=O)O. The molecule has 0 radical (unpaired) electrons. The van der Waals surface area contributed by atoms with Crippen LogP contribution in [0.3, 0.4) is 0 Å². The molecule has 0 spiro atoms. The van der Waals surface area contributed by atoms with Crippen LogP contribution >= 0.6 is 0 Å². The summed E-state index contributed by atoms with van der Waals surface area (Å²) >= 11 is 0. The van der Waals surface area contributed by atoms with Crippen LogP contribution in [-0.2, 0) is 10.1 Å². The fourth-order valence-electron chi connectivity index (χ4n) is 0. The molecule has 0 aliphatic rings. The Kier molecular flexibility index (Phi) is 106. The molecule has 0 aliphatic carbocycles. The smallest absolute Gasteiger partial charge is 0.261 e. The Hall–Kier alpha value is -1.41. The molecule has 0 rings (SSSR count). The van der Waals surface area contributed by atoms with E-state index < -0.39 is 10.1 Å². The lowest BCUT2D eigenvalue weighted by Crippen LogP contribution is -1.88. The van der Waals surface area contributed by atoms with Gasteiger partial charge in [0.1, 0.15) is 0 Å². The number of hydrogen-bond donors (Lipinski definition) is 5. The Bertz CT molecular complexity index is 143. The van der Waals surface area contributed by atoms with Gasteiger partial charge in [0, 0.05) is 0 Å². The van der Waals surface area contributed by atoms with E-state index in [1.807, 2.05) is 0 Å². The number of nitrogens with one attached hydrogen (secondary N) is 4. The maximum atomic E-state index is 9.19. The van der Waals surface area contributed by atoms with Crippen LogP contribution in [0.25, 0.3) is 0 Å². The van der Waals surface area contributed by atoms with Crippen molar-refractivity contribution < 1.29 is 13.0 Å². The molecule has 0 aliphatic heterocycles. The molecule has 0 heterocycles. The van der Waals surface area contributed by atoms with E-state index in [2.05, 4.69) is 26.9 Å². The van der Waals surface area contributed by atoms with Crippen LogP contribution in [0, 0.1) is 21.6 Å². The van der Waals surface area contributed by atoms with Crippen molar-refractivity contribution >= 4 is 37.0 Å². The first-order valence-corrected chi connectivity index (χ1v) is 4.19. The van der Waals surface area contributed by atoms with Crippen molar-refractivity contribution in [1.29, 1.82) is 21.6 Å². The van der Waals surface area contributed by atoms with Gasteiger partial charge in [-0.3, -0.25) is 4.55 Å². The van der Waals surface area contributed by atoms with Gasteiger partial charge in [0.2, 0.25) is 0 Å². The third-order valence-corrected chi connectivity index (χ3v) is 0. The average Bonchev–Trinajstić information content (AvgIpc) is 2.14. The Labute approximate surface area is 78.6 Å². The molecule has 80 valence electrons.